The van der Waals surface area contributed by atoms with Crippen LogP contribution in [0.2, 0.25) is 0 Å². The van der Waals surface area contributed by atoms with E-state index in [0.29, 0.717) is 6.54 Å². The third-order valence-corrected chi connectivity index (χ3v) is 1.08. The highest BCUT2D eigenvalue weighted by Gasteiger charge is 2.01. The minimum Gasteiger partial charge on any atom is -0.398 e. The lowest BCUT2D eigenvalue weighted by Gasteiger charge is -2.02. The van der Waals surface area contributed by atoms with Crippen LogP contribution in [0.4, 0.5) is 4.79 Å². The standard InChI is InChI=1S/C7H12N4O2/c1-3-9-7(12)10-5-6(4-8)11-13-2/h3,5H2,1-2H3,(H2,9,10,12). The summed E-state index contributed by atoms with van der Waals surface area (Å²) in [6.45, 7) is 2.40. The molecule has 0 heterocycles. The van der Waals surface area contributed by atoms with E-state index < -0.39 is 0 Å². The van der Waals surface area contributed by atoms with Crippen LogP contribution in [0, 0.1) is 11.3 Å². The molecule has 6 heteroatoms. The van der Waals surface area contributed by atoms with Gasteiger partial charge in [-0.15, -0.1) is 0 Å². The molecular formula is C7H12N4O2. The van der Waals surface area contributed by atoms with Gasteiger partial charge in [0, 0.05) is 6.54 Å². The molecule has 0 radical (unpaired) electrons. The van der Waals surface area contributed by atoms with E-state index in [1.807, 2.05) is 0 Å². The lowest BCUT2D eigenvalue weighted by Crippen LogP contribution is -2.38. The van der Waals surface area contributed by atoms with Crippen LogP contribution < -0.4 is 10.6 Å². The van der Waals surface area contributed by atoms with Crippen molar-refractivity contribution in [3.63, 3.8) is 0 Å². The Morgan fingerprint density at radius 1 is 1.62 bits per heavy atom. The summed E-state index contributed by atoms with van der Waals surface area (Å²) in [5.74, 6) is 0. The molecule has 2 N–H and O–H groups in total. The first-order valence-electron chi connectivity index (χ1n) is 3.76. The Bertz CT molecular complexity index is 231. The average molecular weight is 184 g/mol. The molecule has 0 unspecified atom stereocenters. The molecule has 0 saturated carbocycles. The van der Waals surface area contributed by atoms with Gasteiger partial charge in [0.2, 0.25) is 0 Å². The normalized spacial score (nSPS) is 10.1. The van der Waals surface area contributed by atoms with Gasteiger partial charge in [0.05, 0.1) is 6.54 Å². The minimum atomic E-state index is -0.332. The Morgan fingerprint density at radius 2 is 2.31 bits per heavy atom. The summed E-state index contributed by atoms with van der Waals surface area (Å²) in [6.07, 6.45) is 0. The molecule has 2 amide bonds. The molecule has 0 atom stereocenters. The maximum absolute atomic E-state index is 10.8. The monoisotopic (exact) mass is 184 g/mol. The quantitative estimate of drug-likeness (QED) is 0.469. The Morgan fingerprint density at radius 3 is 2.77 bits per heavy atom. The van der Waals surface area contributed by atoms with Gasteiger partial charge in [0.15, 0.2) is 5.71 Å². The number of hydrogen-bond acceptors (Lipinski definition) is 4. The number of carbonyl (C=O) groups is 1. The van der Waals surface area contributed by atoms with E-state index in [1.165, 1.54) is 7.11 Å². The van der Waals surface area contributed by atoms with Gasteiger partial charge in [-0.25, -0.2) is 4.79 Å². The Labute approximate surface area is 76.5 Å². The number of urea groups is 1. The van der Waals surface area contributed by atoms with Crippen LogP contribution in [0.5, 0.6) is 0 Å². The average Bonchev–Trinajstić information content (AvgIpc) is 2.12. The molecule has 0 bridgehead atoms. The van der Waals surface area contributed by atoms with Crippen molar-refractivity contribution in [3.05, 3.63) is 0 Å². The van der Waals surface area contributed by atoms with Crippen molar-refractivity contribution in [3.8, 4) is 6.07 Å². The third kappa shape index (κ3) is 5.49. The lowest BCUT2D eigenvalue weighted by atomic mass is 10.4. The van der Waals surface area contributed by atoms with Crippen LogP contribution in [0.15, 0.2) is 5.16 Å². The maximum Gasteiger partial charge on any atom is 0.315 e. The summed E-state index contributed by atoms with van der Waals surface area (Å²) >= 11 is 0. The number of nitrogens with zero attached hydrogens (tertiary/aromatic N) is 2. The molecule has 0 fully saturated rings. The molecule has 13 heavy (non-hydrogen) atoms. The molecule has 6 nitrogen and oxygen atoms in total. The molecule has 0 aliphatic heterocycles. The summed E-state index contributed by atoms with van der Waals surface area (Å²) < 4.78 is 0. The first-order chi connectivity index (χ1) is 6.24. The molecule has 0 aromatic carbocycles. The van der Waals surface area contributed by atoms with Gasteiger partial charge in [0.25, 0.3) is 0 Å². The molecule has 0 aromatic heterocycles. The predicted octanol–water partition coefficient (Wildman–Crippen LogP) is -0.169. The maximum atomic E-state index is 10.8. The first-order valence-corrected chi connectivity index (χ1v) is 3.76. The van der Waals surface area contributed by atoms with E-state index in [9.17, 15) is 4.79 Å². The number of amides is 2. The van der Waals surface area contributed by atoms with Gasteiger partial charge in [-0.05, 0) is 6.92 Å². The zero-order valence-electron chi connectivity index (χ0n) is 7.63. The number of oxime groups is 1. The van der Waals surface area contributed by atoms with Crippen molar-refractivity contribution in [2.45, 2.75) is 6.92 Å². The van der Waals surface area contributed by atoms with Crippen molar-refractivity contribution in [1.82, 2.24) is 10.6 Å². The second kappa shape index (κ2) is 6.91. The molecule has 0 rings (SSSR count). The van der Waals surface area contributed by atoms with Gasteiger partial charge >= 0.3 is 6.03 Å². The summed E-state index contributed by atoms with van der Waals surface area (Å²) in [4.78, 5) is 15.2. The van der Waals surface area contributed by atoms with Crippen molar-refractivity contribution in [2.24, 2.45) is 5.16 Å². The van der Waals surface area contributed by atoms with Crippen molar-refractivity contribution < 1.29 is 9.63 Å². The van der Waals surface area contributed by atoms with E-state index in [1.54, 1.807) is 13.0 Å². The van der Waals surface area contributed by atoms with E-state index in [0.717, 1.165) is 0 Å². The largest absolute Gasteiger partial charge is 0.398 e. The van der Waals surface area contributed by atoms with Crippen LogP contribution >= 0.6 is 0 Å². The van der Waals surface area contributed by atoms with Crippen molar-refractivity contribution >= 4 is 11.7 Å². The molecular weight excluding hydrogens is 172 g/mol. The predicted molar refractivity (Wildman–Crippen MR) is 47.1 cm³/mol. The Kier molecular flexibility index (Phi) is 5.97. The number of nitriles is 1. The highest BCUT2D eigenvalue weighted by Crippen LogP contribution is 1.76. The molecule has 72 valence electrons. The number of rotatable bonds is 4. The second-order valence-electron chi connectivity index (χ2n) is 2.05. The summed E-state index contributed by atoms with van der Waals surface area (Å²) in [6, 6.07) is 1.45. The minimum absolute atomic E-state index is 0.0656. The summed E-state index contributed by atoms with van der Waals surface area (Å²) in [5.41, 5.74) is 0.119. The second-order valence-corrected chi connectivity index (χ2v) is 2.05. The van der Waals surface area contributed by atoms with Gasteiger partial charge in [-0.2, -0.15) is 5.26 Å². The van der Waals surface area contributed by atoms with E-state index in [4.69, 9.17) is 5.26 Å². The highest BCUT2D eigenvalue weighted by molar-refractivity contribution is 6.01. The SMILES string of the molecule is CCNC(=O)NCC(C#N)=NOC. The smallest absolute Gasteiger partial charge is 0.315 e. The Balaban J connectivity index is 3.80. The molecule has 0 aromatic rings. The lowest BCUT2D eigenvalue weighted by molar-refractivity contribution is 0.213. The van der Waals surface area contributed by atoms with Crippen molar-refractivity contribution in [2.75, 3.05) is 20.2 Å². The number of nitrogens with one attached hydrogen (secondary N) is 2. The topological polar surface area (TPSA) is 86.5 Å². The fraction of sp³-hybridized carbons (Fsp3) is 0.571. The highest BCUT2D eigenvalue weighted by atomic mass is 16.6. The van der Waals surface area contributed by atoms with Crippen LogP contribution in [0.1, 0.15) is 6.92 Å². The molecule has 0 spiro atoms. The molecule has 0 aliphatic rings. The van der Waals surface area contributed by atoms with E-state index in [2.05, 4.69) is 20.6 Å². The van der Waals surface area contributed by atoms with Gasteiger partial charge < -0.3 is 15.5 Å². The fourth-order valence-corrected chi connectivity index (χ4v) is 0.589. The van der Waals surface area contributed by atoms with Gasteiger partial charge in [-0.1, -0.05) is 5.16 Å². The zero-order chi connectivity index (χ0) is 10.1. The van der Waals surface area contributed by atoms with E-state index in [-0.39, 0.29) is 18.3 Å². The first kappa shape index (κ1) is 11.2. The van der Waals surface area contributed by atoms with E-state index >= 15 is 0 Å². The molecule has 0 saturated heterocycles. The summed E-state index contributed by atoms with van der Waals surface area (Å²) in [5, 5.41) is 16.8. The van der Waals surface area contributed by atoms with Gasteiger partial charge in [-0.3, -0.25) is 0 Å². The van der Waals surface area contributed by atoms with Crippen LogP contribution in [0.25, 0.3) is 0 Å². The fourth-order valence-electron chi connectivity index (χ4n) is 0.589. The third-order valence-electron chi connectivity index (χ3n) is 1.08. The molecule has 0 aliphatic carbocycles. The van der Waals surface area contributed by atoms with Crippen LogP contribution in [-0.2, 0) is 4.84 Å². The van der Waals surface area contributed by atoms with Crippen LogP contribution in [0.3, 0.4) is 0 Å². The van der Waals surface area contributed by atoms with Crippen molar-refractivity contribution in [1.29, 1.82) is 5.26 Å². The zero-order valence-corrected chi connectivity index (χ0v) is 7.63. The number of carbonyl (C=O) groups excluding carboxylic acids is 1. The van der Waals surface area contributed by atoms with Crippen LogP contribution in [-0.4, -0.2) is 31.9 Å². The summed E-state index contributed by atoms with van der Waals surface area (Å²) in [7, 11) is 1.34. The number of hydrogen-bond donors (Lipinski definition) is 2. The van der Waals surface area contributed by atoms with Gasteiger partial charge in [0.1, 0.15) is 13.2 Å². The Hall–Kier alpha value is -1.77.